The summed E-state index contributed by atoms with van der Waals surface area (Å²) in [4.78, 5) is 39.4. The lowest BCUT2D eigenvalue weighted by molar-refractivity contribution is -0.122. The number of benzene rings is 2. The number of anilines is 1. The molecule has 2 fully saturated rings. The van der Waals surface area contributed by atoms with E-state index in [0.29, 0.717) is 22.9 Å². The maximum Gasteiger partial charge on any atom is 0.343 e. The fourth-order valence-corrected chi connectivity index (χ4v) is 4.55. The zero-order chi connectivity index (χ0) is 20.7. The van der Waals surface area contributed by atoms with Crippen LogP contribution in [0.3, 0.4) is 0 Å². The largest absolute Gasteiger partial charge is 0.423 e. The molecule has 3 atom stereocenters. The summed E-state index contributed by atoms with van der Waals surface area (Å²) in [6.07, 6.45) is 2.52. The van der Waals surface area contributed by atoms with Crippen molar-refractivity contribution in [2.45, 2.75) is 40.0 Å². The second kappa shape index (κ2) is 7.47. The molecule has 2 aromatic carbocycles. The van der Waals surface area contributed by atoms with E-state index in [1.807, 2.05) is 32.0 Å². The van der Waals surface area contributed by atoms with Gasteiger partial charge in [0.05, 0.1) is 23.1 Å². The molecule has 1 saturated carbocycles. The van der Waals surface area contributed by atoms with E-state index in [9.17, 15) is 14.4 Å². The molecule has 1 saturated heterocycles. The van der Waals surface area contributed by atoms with Gasteiger partial charge in [0.15, 0.2) is 0 Å². The first-order chi connectivity index (χ1) is 13.8. The molecule has 0 spiro atoms. The molecular formula is C24H25NO4. The fraction of sp³-hybridized carbons (Fsp3) is 0.375. The first-order valence-corrected chi connectivity index (χ1v) is 10.1. The number of fused-ring (bicyclic) bond motifs is 1. The van der Waals surface area contributed by atoms with Gasteiger partial charge in [-0.3, -0.25) is 14.5 Å². The predicted molar refractivity (Wildman–Crippen MR) is 110 cm³/mol. The SMILES string of the molecule is Cc1cc(C)cc(OC(=O)c2ccc(N3C(=O)[C@H]4C[C@@H](C)CC[C@H]4C3=O)cc2)c1. The average Bonchev–Trinajstić information content (AvgIpc) is 2.91. The number of imide groups is 1. The zero-order valence-corrected chi connectivity index (χ0v) is 17.0. The lowest BCUT2D eigenvalue weighted by Crippen LogP contribution is -2.30. The van der Waals surface area contributed by atoms with Crippen molar-refractivity contribution in [3.63, 3.8) is 0 Å². The van der Waals surface area contributed by atoms with Crippen molar-refractivity contribution in [3.8, 4) is 5.75 Å². The van der Waals surface area contributed by atoms with Crippen LogP contribution in [-0.2, 0) is 9.59 Å². The first-order valence-electron chi connectivity index (χ1n) is 10.1. The van der Waals surface area contributed by atoms with Crippen LogP contribution >= 0.6 is 0 Å². The summed E-state index contributed by atoms with van der Waals surface area (Å²) in [6, 6.07) is 12.1. The molecule has 2 aromatic rings. The van der Waals surface area contributed by atoms with Crippen LogP contribution in [0.4, 0.5) is 5.69 Å². The van der Waals surface area contributed by atoms with E-state index >= 15 is 0 Å². The third-order valence-electron chi connectivity index (χ3n) is 5.95. The Morgan fingerprint density at radius 2 is 1.55 bits per heavy atom. The number of esters is 1. The van der Waals surface area contributed by atoms with Crippen LogP contribution in [0.15, 0.2) is 42.5 Å². The van der Waals surface area contributed by atoms with Gasteiger partial charge in [-0.2, -0.15) is 0 Å². The number of hydrogen-bond acceptors (Lipinski definition) is 4. The monoisotopic (exact) mass is 391 g/mol. The molecule has 0 radical (unpaired) electrons. The van der Waals surface area contributed by atoms with E-state index in [4.69, 9.17) is 4.74 Å². The highest BCUT2D eigenvalue weighted by Gasteiger charge is 2.49. The number of aryl methyl sites for hydroxylation is 2. The molecule has 4 rings (SSSR count). The number of ether oxygens (including phenoxy) is 1. The number of amides is 2. The van der Waals surface area contributed by atoms with Crippen molar-refractivity contribution >= 4 is 23.5 Å². The molecular weight excluding hydrogens is 366 g/mol. The summed E-state index contributed by atoms with van der Waals surface area (Å²) >= 11 is 0. The van der Waals surface area contributed by atoms with E-state index in [1.165, 1.54) is 4.90 Å². The van der Waals surface area contributed by atoms with E-state index < -0.39 is 5.97 Å². The van der Waals surface area contributed by atoms with Crippen LogP contribution < -0.4 is 9.64 Å². The number of hydrogen-bond donors (Lipinski definition) is 0. The zero-order valence-electron chi connectivity index (χ0n) is 17.0. The second-order valence-corrected chi connectivity index (χ2v) is 8.40. The molecule has 5 nitrogen and oxygen atoms in total. The standard InChI is InChI=1S/C24H25NO4/c1-14-4-9-20-21(13-14)23(27)25(22(20)26)18-7-5-17(6-8-18)24(28)29-19-11-15(2)10-16(3)12-19/h5-8,10-12,14,20-21H,4,9,13H2,1-3H3/t14-,20+,21-/m0/s1. The van der Waals surface area contributed by atoms with Crippen molar-refractivity contribution in [2.75, 3.05) is 4.90 Å². The Kier molecular flexibility index (Phi) is 4.99. The average molecular weight is 391 g/mol. The Bertz CT molecular complexity index is 959. The third kappa shape index (κ3) is 3.69. The number of carbonyl (C=O) groups excluding carboxylic acids is 3. The number of carbonyl (C=O) groups is 3. The number of rotatable bonds is 3. The summed E-state index contributed by atoms with van der Waals surface area (Å²) in [6.45, 7) is 6.02. The van der Waals surface area contributed by atoms with Crippen LogP contribution in [0.1, 0.15) is 47.7 Å². The van der Waals surface area contributed by atoms with Crippen LogP contribution in [0.2, 0.25) is 0 Å². The molecule has 0 N–H and O–H groups in total. The molecule has 0 unspecified atom stereocenters. The van der Waals surface area contributed by atoms with E-state index in [0.717, 1.165) is 30.4 Å². The minimum Gasteiger partial charge on any atom is -0.423 e. The van der Waals surface area contributed by atoms with Gasteiger partial charge < -0.3 is 4.74 Å². The third-order valence-corrected chi connectivity index (χ3v) is 5.95. The van der Waals surface area contributed by atoms with E-state index in [1.54, 1.807) is 24.3 Å². The lowest BCUT2D eigenvalue weighted by Gasteiger charge is -2.25. The van der Waals surface area contributed by atoms with Gasteiger partial charge in [0.2, 0.25) is 11.8 Å². The Hall–Kier alpha value is -2.95. The predicted octanol–water partition coefficient (Wildman–Crippen LogP) is 4.45. The van der Waals surface area contributed by atoms with Gasteiger partial charge in [-0.15, -0.1) is 0 Å². The number of nitrogens with zero attached hydrogens (tertiary/aromatic N) is 1. The molecule has 29 heavy (non-hydrogen) atoms. The Labute approximate surface area is 170 Å². The summed E-state index contributed by atoms with van der Waals surface area (Å²) < 4.78 is 5.47. The molecule has 0 aromatic heterocycles. The molecule has 150 valence electrons. The maximum absolute atomic E-state index is 12.8. The van der Waals surface area contributed by atoms with Gasteiger partial charge in [-0.1, -0.05) is 13.0 Å². The topological polar surface area (TPSA) is 63.7 Å². The molecule has 2 aliphatic rings. The van der Waals surface area contributed by atoms with Crippen LogP contribution in [0.5, 0.6) is 5.75 Å². The van der Waals surface area contributed by atoms with Gasteiger partial charge in [-0.05, 0) is 86.6 Å². The Morgan fingerprint density at radius 1 is 0.931 bits per heavy atom. The van der Waals surface area contributed by atoms with Crippen molar-refractivity contribution in [1.82, 2.24) is 0 Å². The molecule has 2 amide bonds. The highest BCUT2D eigenvalue weighted by molar-refractivity contribution is 6.22. The Balaban J connectivity index is 1.51. The second-order valence-electron chi connectivity index (χ2n) is 8.40. The summed E-state index contributed by atoms with van der Waals surface area (Å²) in [5, 5.41) is 0. The highest BCUT2D eigenvalue weighted by Crippen LogP contribution is 2.42. The molecule has 5 heteroatoms. The van der Waals surface area contributed by atoms with Crippen LogP contribution in [-0.4, -0.2) is 17.8 Å². The maximum atomic E-state index is 12.8. The molecule has 0 bridgehead atoms. The first kappa shape index (κ1) is 19.4. The molecule has 1 aliphatic heterocycles. The van der Waals surface area contributed by atoms with Crippen molar-refractivity contribution in [1.29, 1.82) is 0 Å². The van der Waals surface area contributed by atoms with Gasteiger partial charge in [-0.25, -0.2) is 4.79 Å². The summed E-state index contributed by atoms with van der Waals surface area (Å²) in [5.41, 5.74) is 2.93. The van der Waals surface area contributed by atoms with E-state index in [-0.39, 0.29) is 23.7 Å². The molecule has 1 aliphatic carbocycles. The smallest absolute Gasteiger partial charge is 0.343 e. The Morgan fingerprint density at radius 3 is 2.21 bits per heavy atom. The fourth-order valence-electron chi connectivity index (χ4n) is 4.55. The van der Waals surface area contributed by atoms with Gasteiger partial charge in [0.1, 0.15) is 5.75 Å². The van der Waals surface area contributed by atoms with Crippen LogP contribution in [0, 0.1) is 31.6 Å². The van der Waals surface area contributed by atoms with Gasteiger partial charge >= 0.3 is 5.97 Å². The minimum absolute atomic E-state index is 0.113. The highest BCUT2D eigenvalue weighted by atomic mass is 16.5. The van der Waals surface area contributed by atoms with Crippen LogP contribution in [0.25, 0.3) is 0 Å². The van der Waals surface area contributed by atoms with Crippen molar-refractivity contribution in [3.05, 3.63) is 59.2 Å². The summed E-state index contributed by atoms with van der Waals surface area (Å²) in [7, 11) is 0. The van der Waals surface area contributed by atoms with Gasteiger partial charge in [0, 0.05) is 0 Å². The van der Waals surface area contributed by atoms with Gasteiger partial charge in [0.25, 0.3) is 0 Å². The van der Waals surface area contributed by atoms with E-state index in [2.05, 4.69) is 6.92 Å². The van der Waals surface area contributed by atoms with Crippen molar-refractivity contribution < 1.29 is 19.1 Å². The van der Waals surface area contributed by atoms with Crippen molar-refractivity contribution in [2.24, 2.45) is 17.8 Å². The summed E-state index contributed by atoms with van der Waals surface area (Å²) in [5.74, 6) is -0.138. The quantitative estimate of drug-likeness (QED) is 0.441. The normalized spacial score (nSPS) is 23.8. The molecule has 1 heterocycles. The minimum atomic E-state index is -0.469. The lowest BCUT2D eigenvalue weighted by atomic mass is 9.76.